The van der Waals surface area contributed by atoms with Crippen LogP contribution in [0, 0.1) is 6.92 Å². The van der Waals surface area contributed by atoms with Crippen LogP contribution in [0.2, 0.25) is 0 Å². The number of aliphatic hydroxyl groups is 1. The van der Waals surface area contributed by atoms with Crippen LogP contribution in [0.4, 0.5) is 10.5 Å². The highest BCUT2D eigenvalue weighted by molar-refractivity contribution is 5.84. The summed E-state index contributed by atoms with van der Waals surface area (Å²) in [6, 6.07) is 22.9. The molecule has 3 aromatic rings. The third kappa shape index (κ3) is 5.99. The molecule has 0 saturated carbocycles. The quantitative estimate of drug-likeness (QED) is 0.498. The van der Waals surface area contributed by atoms with E-state index in [9.17, 15) is 15.0 Å². The fourth-order valence-electron chi connectivity index (χ4n) is 3.00. The van der Waals surface area contributed by atoms with Crippen LogP contribution < -0.4 is 10.1 Å². The van der Waals surface area contributed by atoms with E-state index in [0.717, 1.165) is 5.56 Å². The summed E-state index contributed by atoms with van der Waals surface area (Å²) in [7, 11) is 0. The number of benzene rings is 3. The van der Waals surface area contributed by atoms with Crippen LogP contribution >= 0.6 is 0 Å². The van der Waals surface area contributed by atoms with Crippen LogP contribution in [-0.2, 0) is 4.74 Å². The van der Waals surface area contributed by atoms with Gasteiger partial charge in [-0.05, 0) is 48.9 Å². The van der Waals surface area contributed by atoms with Crippen molar-refractivity contribution in [1.29, 1.82) is 0 Å². The molecule has 30 heavy (non-hydrogen) atoms. The second kappa shape index (κ2) is 10.3. The molecule has 0 aliphatic rings. The van der Waals surface area contributed by atoms with Crippen molar-refractivity contribution < 1.29 is 24.5 Å². The Balaban J connectivity index is 1.83. The molecule has 3 rings (SSSR count). The van der Waals surface area contributed by atoms with Crippen molar-refractivity contribution in [3.05, 3.63) is 90.0 Å². The number of amides is 1. The summed E-state index contributed by atoms with van der Waals surface area (Å²) in [6.07, 6.45) is -1.83. The van der Waals surface area contributed by atoms with Crippen molar-refractivity contribution >= 4 is 11.8 Å². The van der Waals surface area contributed by atoms with Gasteiger partial charge in [-0.1, -0.05) is 48.0 Å². The van der Waals surface area contributed by atoms with Crippen LogP contribution in [-0.4, -0.2) is 29.0 Å². The number of aryl methyl sites for hydroxylation is 1. The van der Waals surface area contributed by atoms with Gasteiger partial charge in [0.15, 0.2) is 6.10 Å². The number of nitrogens with one attached hydrogen (secondary N) is 1. The van der Waals surface area contributed by atoms with Gasteiger partial charge < -0.3 is 19.7 Å². The van der Waals surface area contributed by atoms with E-state index in [1.165, 1.54) is 12.1 Å². The molecule has 0 fully saturated rings. The largest absolute Gasteiger partial charge is 0.508 e. The van der Waals surface area contributed by atoms with E-state index in [0.29, 0.717) is 17.0 Å². The molecule has 6 nitrogen and oxygen atoms in total. The van der Waals surface area contributed by atoms with Crippen molar-refractivity contribution in [3.8, 4) is 11.5 Å². The van der Waals surface area contributed by atoms with Crippen LogP contribution in [0.5, 0.6) is 11.5 Å². The minimum Gasteiger partial charge on any atom is -0.508 e. The van der Waals surface area contributed by atoms with Gasteiger partial charge in [-0.3, -0.25) is 5.32 Å². The van der Waals surface area contributed by atoms with Gasteiger partial charge in [-0.2, -0.15) is 0 Å². The second-order valence-electron chi connectivity index (χ2n) is 6.89. The minimum atomic E-state index is -0.802. The number of phenols is 1. The summed E-state index contributed by atoms with van der Waals surface area (Å²) in [6.45, 7) is 1.82. The van der Waals surface area contributed by atoms with Crippen LogP contribution in [0.3, 0.4) is 0 Å². The molecule has 6 heteroatoms. The monoisotopic (exact) mass is 407 g/mol. The Kier molecular flexibility index (Phi) is 7.29. The predicted molar refractivity (Wildman–Crippen MR) is 115 cm³/mol. The molecule has 0 bridgehead atoms. The molecule has 0 saturated heterocycles. The maximum atomic E-state index is 12.6. The molecular formula is C24H25NO5. The molecule has 0 aliphatic heterocycles. The Morgan fingerprint density at radius 1 is 0.967 bits per heavy atom. The first kappa shape index (κ1) is 21.2. The lowest BCUT2D eigenvalue weighted by Crippen LogP contribution is -2.31. The fourth-order valence-corrected chi connectivity index (χ4v) is 3.00. The molecule has 0 heterocycles. The van der Waals surface area contributed by atoms with Crippen LogP contribution in [0.1, 0.15) is 23.7 Å². The number of hydrogen-bond donors (Lipinski definition) is 3. The van der Waals surface area contributed by atoms with Gasteiger partial charge in [0.25, 0.3) is 0 Å². The number of carbonyl (C=O) groups excluding carboxylic acids is 1. The smallest absolute Gasteiger partial charge is 0.412 e. The molecule has 2 atom stereocenters. The molecular weight excluding hydrogens is 382 g/mol. The summed E-state index contributed by atoms with van der Waals surface area (Å²) in [5, 5.41) is 21.9. The first-order chi connectivity index (χ1) is 14.5. The second-order valence-corrected chi connectivity index (χ2v) is 6.89. The van der Waals surface area contributed by atoms with E-state index >= 15 is 0 Å². The highest BCUT2D eigenvalue weighted by Gasteiger charge is 2.29. The first-order valence-electron chi connectivity index (χ1n) is 9.71. The number of phenolic OH excluding ortho intramolecular Hbond substituents is 1. The van der Waals surface area contributed by atoms with Crippen molar-refractivity contribution in [2.45, 2.75) is 25.6 Å². The molecule has 0 spiro atoms. The summed E-state index contributed by atoms with van der Waals surface area (Å²) < 4.78 is 11.8. The van der Waals surface area contributed by atoms with Crippen LogP contribution in [0.25, 0.3) is 0 Å². The SMILES string of the molecule is Cc1ccc(NC(=O)O[C@@H](c2ccc(O)cc2)[C@H](CCO)Oc2ccccc2)cc1. The Hall–Kier alpha value is -3.51. The van der Waals surface area contributed by atoms with Crippen LogP contribution in [0.15, 0.2) is 78.9 Å². The standard InChI is InChI=1S/C24H25NO5/c1-17-7-11-19(12-8-17)25-24(28)30-23(18-9-13-20(27)14-10-18)22(15-16-26)29-21-5-3-2-4-6-21/h2-14,22-23,26-27H,15-16H2,1H3,(H,25,28)/t22-,23-/m0/s1. The van der Waals surface area contributed by atoms with Crippen molar-refractivity contribution in [2.24, 2.45) is 0 Å². The highest BCUT2D eigenvalue weighted by atomic mass is 16.6. The Bertz CT molecular complexity index is 926. The highest BCUT2D eigenvalue weighted by Crippen LogP contribution is 2.29. The average Bonchev–Trinajstić information content (AvgIpc) is 2.75. The molecule has 156 valence electrons. The lowest BCUT2D eigenvalue weighted by Gasteiger charge is -2.28. The number of carbonyl (C=O) groups is 1. The first-order valence-corrected chi connectivity index (χ1v) is 9.71. The van der Waals surface area contributed by atoms with E-state index in [-0.39, 0.29) is 18.8 Å². The minimum absolute atomic E-state index is 0.101. The number of para-hydroxylation sites is 1. The van der Waals surface area contributed by atoms with Gasteiger partial charge in [0.05, 0.1) is 0 Å². The Morgan fingerprint density at radius 3 is 2.27 bits per heavy atom. The zero-order valence-corrected chi connectivity index (χ0v) is 16.7. The maximum Gasteiger partial charge on any atom is 0.412 e. The number of rotatable bonds is 8. The third-order valence-corrected chi connectivity index (χ3v) is 4.54. The van der Waals surface area contributed by atoms with E-state index in [4.69, 9.17) is 9.47 Å². The molecule has 0 aliphatic carbocycles. The summed E-state index contributed by atoms with van der Waals surface area (Å²) >= 11 is 0. The lowest BCUT2D eigenvalue weighted by atomic mass is 10.0. The van der Waals surface area contributed by atoms with Crippen molar-refractivity contribution in [1.82, 2.24) is 0 Å². The average molecular weight is 407 g/mol. The van der Waals surface area contributed by atoms with E-state index in [2.05, 4.69) is 5.32 Å². The Morgan fingerprint density at radius 2 is 1.63 bits per heavy atom. The van der Waals surface area contributed by atoms with Crippen molar-refractivity contribution in [2.75, 3.05) is 11.9 Å². The predicted octanol–water partition coefficient (Wildman–Crippen LogP) is 4.82. The topological polar surface area (TPSA) is 88.0 Å². The lowest BCUT2D eigenvalue weighted by molar-refractivity contribution is 0.00907. The summed E-state index contributed by atoms with van der Waals surface area (Å²) in [4.78, 5) is 12.6. The number of aliphatic hydroxyl groups excluding tert-OH is 1. The van der Waals surface area contributed by atoms with Gasteiger partial charge in [0.2, 0.25) is 0 Å². The molecule has 0 radical (unpaired) electrons. The van der Waals surface area contributed by atoms with E-state index in [1.807, 2.05) is 37.3 Å². The van der Waals surface area contributed by atoms with Gasteiger partial charge in [0.1, 0.15) is 17.6 Å². The molecule has 3 aromatic carbocycles. The third-order valence-electron chi connectivity index (χ3n) is 4.54. The molecule has 1 amide bonds. The number of aromatic hydroxyl groups is 1. The zero-order valence-electron chi connectivity index (χ0n) is 16.7. The molecule has 0 unspecified atom stereocenters. The van der Waals surface area contributed by atoms with Gasteiger partial charge >= 0.3 is 6.09 Å². The van der Waals surface area contributed by atoms with Gasteiger partial charge in [-0.25, -0.2) is 4.79 Å². The van der Waals surface area contributed by atoms with Gasteiger partial charge in [-0.15, -0.1) is 0 Å². The zero-order chi connectivity index (χ0) is 21.3. The number of hydrogen-bond acceptors (Lipinski definition) is 5. The van der Waals surface area contributed by atoms with E-state index in [1.54, 1.807) is 36.4 Å². The maximum absolute atomic E-state index is 12.6. The fraction of sp³-hybridized carbons (Fsp3) is 0.208. The van der Waals surface area contributed by atoms with E-state index < -0.39 is 18.3 Å². The number of anilines is 1. The number of ether oxygens (including phenoxy) is 2. The molecule has 3 N–H and O–H groups in total. The Labute approximate surface area is 175 Å². The van der Waals surface area contributed by atoms with Crippen molar-refractivity contribution in [3.63, 3.8) is 0 Å². The summed E-state index contributed by atoms with van der Waals surface area (Å²) in [5.74, 6) is 0.701. The molecule has 0 aromatic heterocycles. The normalized spacial score (nSPS) is 12.6. The van der Waals surface area contributed by atoms with Gasteiger partial charge in [0, 0.05) is 18.7 Å². The summed E-state index contributed by atoms with van der Waals surface area (Å²) in [5.41, 5.74) is 2.33.